The van der Waals surface area contributed by atoms with Gasteiger partial charge in [-0.25, -0.2) is 4.79 Å². The lowest BCUT2D eigenvalue weighted by molar-refractivity contribution is -0.137. The first-order valence-electron chi connectivity index (χ1n) is 5.06. The highest BCUT2D eigenvalue weighted by Crippen LogP contribution is 2.30. The Bertz CT molecular complexity index is 454. The Kier molecular flexibility index (Phi) is 4.52. The average Bonchev–Trinajstić information content (AvgIpc) is 2.31. The second-order valence-corrected chi connectivity index (χ2v) is 3.76. The third-order valence-electron chi connectivity index (χ3n) is 2.11. The van der Waals surface area contributed by atoms with Crippen LogP contribution < -0.4 is 4.74 Å². The summed E-state index contributed by atoms with van der Waals surface area (Å²) in [6.45, 7) is 3.55. The maximum absolute atomic E-state index is 11.8. The van der Waals surface area contributed by atoms with Crippen LogP contribution in [0.3, 0.4) is 0 Å². The summed E-state index contributed by atoms with van der Waals surface area (Å²) in [7, 11) is 1.44. The molecule has 4 nitrogen and oxygen atoms in total. The molecule has 1 rings (SSSR count). The minimum absolute atomic E-state index is 0.0990. The molecule has 0 radical (unpaired) electrons. The Labute approximate surface area is 104 Å². The van der Waals surface area contributed by atoms with Crippen LogP contribution in [0.2, 0.25) is 5.02 Å². The van der Waals surface area contributed by atoms with E-state index in [2.05, 4.69) is 4.74 Å². The molecule has 0 atom stereocenters. The van der Waals surface area contributed by atoms with Crippen LogP contribution in [0.25, 0.3) is 0 Å². The van der Waals surface area contributed by atoms with Gasteiger partial charge in [-0.2, -0.15) is 0 Å². The van der Waals surface area contributed by atoms with E-state index in [1.807, 2.05) is 0 Å². The van der Waals surface area contributed by atoms with E-state index in [0.717, 1.165) is 5.56 Å². The molecule has 5 heteroatoms. The van der Waals surface area contributed by atoms with Gasteiger partial charge in [0.05, 0.1) is 24.3 Å². The van der Waals surface area contributed by atoms with Gasteiger partial charge in [0.25, 0.3) is 5.78 Å². The van der Waals surface area contributed by atoms with Crippen molar-refractivity contribution in [1.29, 1.82) is 0 Å². The molecule has 0 aromatic heterocycles. The van der Waals surface area contributed by atoms with Crippen LogP contribution in [0.5, 0.6) is 5.75 Å². The summed E-state index contributed by atoms with van der Waals surface area (Å²) in [5, 5.41) is 0.121. The summed E-state index contributed by atoms with van der Waals surface area (Å²) in [4.78, 5) is 23.1. The van der Waals surface area contributed by atoms with Crippen molar-refractivity contribution in [2.75, 3.05) is 13.7 Å². The van der Waals surface area contributed by atoms with Crippen molar-refractivity contribution in [3.63, 3.8) is 0 Å². The lowest BCUT2D eigenvalue weighted by Crippen LogP contribution is -2.18. The molecule has 0 aliphatic rings. The molecular formula is C12H13ClO4. The quantitative estimate of drug-likeness (QED) is 0.472. The first-order chi connectivity index (χ1) is 8.01. The zero-order valence-electron chi connectivity index (χ0n) is 9.87. The van der Waals surface area contributed by atoms with Crippen molar-refractivity contribution in [3.05, 3.63) is 28.3 Å². The Morgan fingerprint density at radius 1 is 1.35 bits per heavy atom. The summed E-state index contributed by atoms with van der Waals surface area (Å²) >= 11 is 5.97. The van der Waals surface area contributed by atoms with E-state index in [9.17, 15) is 9.59 Å². The van der Waals surface area contributed by atoms with Crippen molar-refractivity contribution >= 4 is 23.4 Å². The number of esters is 1. The first kappa shape index (κ1) is 13.5. The van der Waals surface area contributed by atoms with Crippen LogP contribution in [0.1, 0.15) is 22.8 Å². The number of hydrogen-bond acceptors (Lipinski definition) is 4. The fourth-order valence-corrected chi connectivity index (χ4v) is 1.63. The number of rotatable bonds is 4. The second-order valence-electron chi connectivity index (χ2n) is 3.38. The summed E-state index contributed by atoms with van der Waals surface area (Å²) in [6.07, 6.45) is 0. The molecule has 0 saturated carbocycles. The van der Waals surface area contributed by atoms with Gasteiger partial charge in [0.15, 0.2) is 0 Å². The van der Waals surface area contributed by atoms with Crippen molar-refractivity contribution in [2.45, 2.75) is 13.8 Å². The largest absolute Gasteiger partial charge is 0.495 e. The van der Waals surface area contributed by atoms with E-state index in [1.54, 1.807) is 19.9 Å². The molecule has 0 N–H and O–H groups in total. The van der Waals surface area contributed by atoms with Gasteiger partial charge >= 0.3 is 5.97 Å². The predicted molar refractivity (Wildman–Crippen MR) is 63.7 cm³/mol. The predicted octanol–water partition coefficient (Wildman–Crippen LogP) is 2.40. The van der Waals surface area contributed by atoms with Crippen molar-refractivity contribution in [1.82, 2.24) is 0 Å². The number of methoxy groups -OCH3 is 1. The maximum Gasteiger partial charge on any atom is 0.379 e. The topological polar surface area (TPSA) is 52.6 Å². The lowest BCUT2D eigenvalue weighted by Gasteiger charge is -2.09. The fraction of sp³-hybridized carbons (Fsp3) is 0.333. The van der Waals surface area contributed by atoms with Gasteiger partial charge in [-0.05, 0) is 31.5 Å². The second kappa shape index (κ2) is 5.68. The van der Waals surface area contributed by atoms with Gasteiger partial charge in [-0.15, -0.1) is 0 Å². The minimum Gasteiger partial charge on any atom is -0.495 e. The van der Waals surface area contributed by atoms with Crippen molar-refractivity contribution in [3.8, 4) is 5.75 Å². The van der Waals surface area contributed by atoms with E-state index < -0.39 is 11.8 Å². The highest BCUT2D eigenvalue weighted by Gasteiger charge is 2.22. The number of halogens is 1. The molecule has 0 aliphatic heterocycles. The summed E-state index contributed by atoms with van der Waals surface area (Å²) in [5.41, 5.74) is 0.876. The fourth-order valence-electron chi connectivity index (χ4n) is 1.36. The summed E-state index contributed by atoms with van der Waals surface area (Å²) in [6, 6.07) is 3.22. The van der Waals surface area contributed by atoms with Crippen LogP contribution >= 0.6 is 11.6 Å². The van der Waals surface area contributed by atoms with Crippen LogP contribution in [0.4, 0.5) is 0 Å². The standard InChI is InChI=1S/C12H13ClO4/c1-4-17-12(15)11(14)8-5-7(2)6-9(16-3)10(8)13/h5-6H,4H2,1-3H3. The molecule has 0 bridgehead atoms. The van der Waals surface area contributed by atoms with Gasteiger partial charge in [0.2, 0.25) is 0 Å². The Balaban J connectivity index is 3.17. The van der Waals surface area contributed by atoms with E-state index in [1.165, 1.54) is 13.2 Å². The number of benzene rings is 1. The van der Waals surface area contributed by atoms with Crippen LogP contribution in [0.15, 0.2) is 12.1 Å². The molecule has 17 heavy (non-hydrogen) atoms. The van der Waals surface area contributed by atoms with Gasteiger partial charge < -0.3 is 9.47 Å². The SMILES string of the molecule is CCOC(=O)C(=O)c1cc(C)cc(OC)c1Cl. The Hall–Kier alpha value is -1.55. The molecule has 0 spiro atoms. The number of ketones is 1. The third kappa shape index (κ3) is 2.97. The number of aryl methyl sites for hydroxylation is 1. The molecule has 0 aliphatic carbocycles. The molecule has 0 heterocycles. The molecule has 0 fully saturated rings. The lowest BCUT2D eigenvalue weighted by atomic mass is 10.1. The van der Waals surface area contributed by atoms with Gasteiger partial charge in [-0.1, -0.05) is 11.6 Å². The molecule has 0 saturated heterocycles. The Morgan fingerprint density at radius 3 is 2.53 bits per heavy atom. The molecule has 1 aromatic rings. The van der Waals surface area contributed by atoms with E-state index in [0.29, 0.717) is 5.75 Å². The van der Waals surface area contributed by atoms with Gasteiger partial charge in [-0.3, -0.25) is 4.79 Å². The molecule has 1 aromatic carbocycles. The van der Waals surface area contributed by atoms with Crippen LogP contribution in [-0.4, -0.2) is 25.5 Å². The Morgan fingerprint density at radius 2 is 2.00 bits per heavy atom. The first-order valence-corrected chi connectivity index (χ1v) is 5.44. The number of carbonyl (C=O) groups excluding carboxylic acids is 2. The van der Waals surface area contributed by atoms with E-state index in [4.69, 9.17) is 16.3 Å². The molecule has 0 unspecified atom stereocenters. The monoisotopic (exact) mass is 256 g/mol. The van der Waals surface area contributed by atoms with Crippen LogP contribution in [0, 0.1) is 6.92 Å². The molecule has 92 valence electrons. The van der Waals surface area contributed by atoms with Gasteiger partial charge in [0.1, 0.15) is 5.75 Å². The normalized spacial score (nSPS) is 9.88. The number of ether oxygens (including phenoxy) is 2. The van der Waals surface area contributed by atoms with E-state index in [-0.39, 0.29) is 17.2 Å². The zero-order chi connectivity index (χ0) is 13.0. The number of hydrogen-bond donors (Lipinski definition) is 0. The number of Topliss-reactive ketones (excluding diaryl/α,β-unsaturated/α-hetero) is 1. The molecular weight excluding hydrogens is 244 g/mol. The highest BCUT2D eigenvalue weighted by molar-refractivity contribution is 6.46. The summed E-state index contributed by atoms with van der Waals surface area (Å²) in [5.74, 6) is -1.32. The van der Waals surface area contributed by atoms with Gasteiger partial charge in [0, 0.05) is 0 Å². The maximum atomic E-state index is 11.8. The minimum atomic E-state index is -0.915. The summed E-state index contributed by atoms with van der Waals surface area (Å²) < 4.78 is 9.66. The van der Waals surface area contributed by atoms with E-state index >= 15 is 0 Å². The van der Waals surface area contributed by atoms with Crippen molar-refractivity contribution < 1.29 is 19.1 Å². The van der Waals surface area contributed by atoms with Crippen LogP contribution in [-0.2, 0) is 9.53 Å². The number of carbonyl (C=O) groups is 2. The van der Waals surface area contributed by atoms with Crippen molar-refractivity contribution in [2.24, 2.45) is 0 Å². The zero-order valence-corrected chi connectivity index (χ0v) is 10.6. The highest BCUT2D eigenvalue weighted by atomic mass is 35.5. The third-order valence-corrected chi connectivity index (χ3v) is 2.50. The smallest absolute Gasteiger partial charge is 0.379 e. The average molecular weight is 257 g/mol. The molecule has 0 amide bonds.